The molecule has 1 heterocycles. The van der Waals surface area contributed by atoms with Crippen molar-refractivity contribution < 1.29 is 32.2 Å². The lowest BCUT2D eigenvalue weighted by atomic mass is 10.1. The fourth-order valence-electron chi connectivity index (χ4n) is 2.06. The number of hydrogen-bond acceptors (Lipinski definition) is 7. The van der Waals surface area contributed by atoms with E-state index >= 15 is 0 Å². The number of alkyl carbamates (subject to hydrolysis) is 1. The van der Waals surface area contributed by atoms with Gasteiger partial charge in [0.05, 0.1) is 23.4 Å². The topological polar surface area (TPSA) is 89.5 Å². The van der Waals surface area contributed by atoms with Crippen LogP contribution in [0.25, 0.3) is 10.2 Å². The van der Waals surface area contributed by atoms with Crippen LogP contribution in [-0.2, 0) is 14.3 Å². The number of esters is 1. The van der Waals surface area contributed by atoms with Gasteiger partial charge in [-0.05, 0) is 32.0 Å². The first kappa shape index (κ1) is 21.0. The van der Waals surface area contributed by atoms with Crippen molar-refractivity contribution >= 4 is 50.3 Å². The fourth-order valence-corrected chi connectivity index (χ4v) is 3.26. The quantitative estimate of drug-likeness (QED) is 0.538. The Bertz CT molecular complexity index is 845. The Balaban J connectivity index is 2.50. The van der Waals surface area contributed by atoms with E-state index in [4.69, 9.17) is 11.6 Å². The molecule has 2 rings (SSSR count). The van der Waals surface area contributed by atoms with Crippen LogP contribution in [0, 0.1) is 0 Å². The average Bonchev–Trinajstić information content (AvgIpc) is 2.94. The molecular weight excluding hydrogens is 411 g/mol. The third-order valence-corrected chi connectivity index (χ3v) is 4.39. The van der Waals surface area contributed by atoms with E-state index in [1.807, 2.05) is 5.32 Å². The SMILES string of the molecule is CCOC(=O)N[C@](Nc1nc2ccc(Cl)cc2s1)(C(=O)OCC)C(F)(F)F. The highest BCUT2D eigenvalue weighted by Crippen LogP contribution is 2.36. The maximum Gasteiger partial charge on any atom is 0.442 e. The molecular formula is C15H15ClF3N3O4S. The molecule has 0 aliphatic rings. The zero-order valence-electron chi connectivity index (χ0n) is 14.1. The molecule has 0 aliphatic heterocycles. The summed E-state index contributed by atoms with van der Waals surface area (Å²) in [6.07, 6.45) is -6.71. The van der Waals surface area contributed by atoms with Crippen molar-refractivity contribution in [3.63, 3.8) is 0 Å². The molecule has 12 heteroatoms. The molecule has 0 radical (unpaired) electrons. The van der Waals surface area contributed by atoms with Crippen molar-refractivity contribution in [1.29, 1.82) is 0 Å². The summed E-state index contributed by atoms with van der Waals surface area (Å²) >= 11 is 6.68. The average molecular weight is 426 g/mol. The summed E-state index contributed by atoms with van der Waals surface area (Å²) in [6.45, 7) is 2.22. The molecule has 1 aromatic carbocycles. The number of benzene rings is 1. The van der Waals surface area contributed by atoms with E-state index in [1.165, 1.54) is 37.4 Å². The number of carbonyl (C=O) groups excluding carboxylic acids is 2. The van der Waals surface area contributed by atoms with Crippen LogP contribution in [-0.4, -0.2) is 42.1 Å². The minimum absolute atomic E-state index is 0.192. The molecule has 2 N–H and O–H groups in total. The number of rotatable bonds is 6. The molecule has 0 unspecified atom stereocenters. The van der Waals surface area contributed by atoms with E-state index < -0.39 is 23.9 Å². The van der Waals surface area contributed by atoms with Gasteiger partial charge in [0.15, 0.2) is 5.13 Å². The van der Waals surface area contributed by atoms with Crippen LogP contribution in [0.5, 0.6) is 0 Å². The first-order valence-corrected chi connectivity index (χ1v) is 8.85. The molecule has 1 amide bonds. The summed E-state index contributed by atoms with van der Waals surface area (Å²) in [4.78, 5) is 27.9. The van der Waals surface area contributed by atoms with Crippen LogP contribution >= 0.6 is 22.9 Å². The third kappa shape index (κ3) is 4.53. The van der Waals surface area contributed by atoms with Crippen LogP contribution < -0.4 is 10.6 Å². The van der Waals surface area contributed by atoms with Gasteiger partial charge in [0, 0.05) is 5.02 Å². The van der Waals surface area contributed by atoms with Crippen LogP contribution in [0.2, 0.25) is 5.02 Å². The first-order valence-electron chi connectivity index (χ1n) is 7.66. The van der Waals surface area contributed by atoms with Gasteiger partial charge in [0.1, 0.15) is 0 Å². The third-order valence-electron chi connectivity index (χ3n) is 3.22. The number of carbonyl (C=O) groups is 2. The molecule has 0 aliphatic carbocycles. The molecule has 0 fully saturated rings. The van der Waals surface area contributed by atoms with Gasteiger partial charge in [-0.1, -0.05) is 22.9 Å². The zero-order valence-corrected chi connectivity index (χ0v) is 15.7. The van der Waals surface area contributed by atoms with Crippen molar-refractivity contribution in [3.8, 4) is 0 Å². The van der Waals surface area contributed by atoms with Crippen LogP contribution in [0.15, 0.2) is 18.2 Å². The highest BCUT2D eigenvalue weighted by atomic mass is 35.5. The van der Waals surface area contributed by atoms with E-state index in [0.717, 1.165) is 11.3 Å². The van der Waals surface area contributed by atoms with E-state index in [9.17, 15) is 22.8 Å². The zero-order chi connectivity index (χ0) is 20.2. The number of ether oxygens (including phenoxy) is 2. The van der Waals surface area contributed by atoms with Crippen molar-refractivity contribution in [2.24, 2.45) is 0 Å². The second kappa shape index (κ2) is 8.17. The van der Waals surface area contributed by atoms with E-state index in [-0.39, 0.29) is 18.3 Å². The predicted molar refractivity (Wildman–Crippen MR) is 93.8 cm³/mol. The molecule has 0 saturated carbocycles. The maximum atomic E-state index is 13.9. The Labute approximate surface area is 160 Å². The Hall–Kier alpha value is -2.27. The summed E-state index contributed by atoms with van der Waals surface area (Å²) in [6, 6.07) is 4.54. The van der Waals surface area contributed by atoms with Gasteiger partial charge >= 0.3 is 23.9 Å². The molecule has 148 valence electrons. The molecule has 1 atom stereocenters. The molecule has 7 nitrogen and oxygen atoms in total. The number of nitrogens with one attached hydrogen (secondary N) is 2. The fraction of sp³-hybridized carbons (Fsp3) is 0.400. The van der Waals surface area contributed by atoms with Gasteiger partial charge in [0.2, 0.25) is 0 Å². The number of alkyl halides is 3. The summed E-state index contributed by atoms with van der Waals surface area (Å²) in [5.41, 5.74) is -3.21. The lowest BCUT2D eigenvalue weighted by Gasteiger charge is -2.33. The lowest BCUT2D eigenvalue weighted by molar-refractivity contribution is -0.205. The monoisotopic (exact) mass is 425 g/mol. The standard InChI is InChI=1S/C15H15ClF3N3O4S/c1-3-25-11(23)14(15(17,18)19,22-13(24)26-4-2)21-12-20-9-6-5-8(16)7-10(9)27-12/h5-7H,3-4H2,1-2H3,(H,20,21)(H,22,24)/t14-/m1/s1. The molecule has 27 heavy (non-hydrogen) atoms. The predicted octanol–water partition coefficient (Wildman–Crippen LogP) is 3.93. The number of fused-ring (bicyclic) bond motifs is 1. The van der Waals surface area contributed by atoms with Gasteiger partial charge in [-0.2, -0.15) is 13.2 Å². The number of hydrogen-bond donors (Lipinski definition) is 2. The van der Waals surface area contributed by atoms with Crippen LogP contribution in [0.4, 0.5) is 23.1 Å². The Morgan fingerprint density at radius 2 is 1.89 bits per heavy atom. The van der Waals surface area contributed by atoms with E-state index in [1.54, 1.807) is 0 Å². The van der Waals surface area contributed by atoms with E-state index in [2.05, 4.69) is 14.5 Å². The molecule has 2 aromatic rings. The number of aromatic nitrogens is 1. The van der Waals surface area contributed by atoms with Gasteiger partial charge in [-0.25, -0.2) is 14.6 Å². The van der Waals surface area contributed by atoms with Crippen molar-refractivity contribution in [2.75, 3.05) is 18.5 Å². The number of amides is 1. The van der Waals surface area contributed by atoms with Gasteiger partial charge in [-0.15, -0.1) is 0 Å². The van der Waals surface area contributed by atoms with Gasteiger partial charge in [-0.3, -0.25) is 5.32 Å². The first-order chi connectivity index (χ1) is 12.6. The highest BCUT2D eigenvalue weighted by molar-refractivity contribution is 7.22. The summed E-state index contributed by atoms with van der Waals surface area (Å²) < 4.78 is 51.2. The van der Waals surface area contributed by atoms with Crippen molar-refractivity contribution in [3.05, 3.63) is 23.2 Å². The highest BCUT2D eigenvalue weighted by Gasteiger charge is 2.64. The van der Waals surface area contributed by atoms with Crippen molar-refractivity contribution in [1.82, 2.24) is 10.3 Å². The number of thiazole rings is 1. The second-order valence-electron chi connectivity index (χ2n) is 5.07. The van der Waals surface area contributed by atoms with Gasteiger partial charge in [0.25, 0.3) is 0 Å². The molecule has 0 saturated heterocycles. The molecule has 1 aromatic heterocycles. The maximum absolute atomic E-state index is 13.9. The Morgan fingerprint density at radius 3 is 2.48 bits per heavy atom. The number of nitrogens with zero attached hydrogens (tertiary/aromatic N) is 1. The van der Waals surface area contributed by atoms with Crippen LogP contribution in [0.3, 0.4) is 0 Å². The summed E-state index contributed by atoms with van der Waals surface area (Å²) in [7, 11) is 0. The lowest BCUT2D eigenvalue weighted by Crippen LogP contribution is -2.69. The van der Waals surface area contributed by atoms with Crippen LogP contribution in [0.1, 0.15) is 13.8 Å². The number of anilines is 1. The molecule has 0 bridgehead atoms. The Morgan fingerprint density at radius 1 is 1.22 bits per heavy atom. The Kier molecular flexibility index (Phi) is 6.37. The second-order valence-corrected chi connectivity index (χ2v) is 6.54. The van der Waals surface area contributed by atoms with E-state index in [0.29, 0.717) is 15.2 Å². The minimum Gasteiger partial charge on any atom is -0.463 e. The van der Waals surface area contributed by atoms with Gasteiger partial charge < -0.3 is 14.8 Å². The minimum atomic E-state index is -5.26. The summed E-state index contributed by atoms with van der Waals surface area (Å²) in [5, 5.41) is 3.60. The molecule has 0 spiro atoms. The smallest absolute Gasteiger partial charge is 0.442 e. The normalized spacial score (nSPS) is 13.7. The largest absolute Gasteiger partial charge is 0.463 e. The summed E-state index contributed by atoms with van der Waals surface area (Å²) in [5.74, 6) is -1.75. The van der Waals surface area contributed by atoms with Crippen molar-refractivity contribution in [2.45, 2.75) is 25.7 Å². The number of halogens is 4.